The fraction of sp³-hybridized carbons (Fsp3) is 0.467. The lowest BCUT2D eigenvalue weighted by Gasteiger charge is -2.26. The summed E-state index contributed by atoms with van der Waals surface area (Å²) in [7, 11) is 0. The Morgan fingerprint density at radius 3 is 2.65 bits per heavy atom. The lowest BCUT2D eigenvalue weighted by molar-refractivity contribution is 0.0691. The van der Waals surface area contributed by atoms with Crippen molar-refractivity contribution in [3.63, 3.8) is 0 Å². The van der Waals surface area contributed by atoms with Gasteiger partial charge >= 0.3 is 5.97 Å². The van der Waals surface area contributed by atoms with Gasteiger partial charge in [0.15, 0.2) is 5.69 Å². The molecule has 0 saturated carbocycles. The van der Waals surface area contributed by atoms with Gasteiger partial charge in [-0.2, -0.15) is 5.10 Å². The van der Waals surface area contributed by atoms with Crippen LogP contribution in [-0.4, -0.2) is 45.4 Å². The summed E-state index contributed by atoms with van der Waals surface area (Å²) in [6.45, 7) is 3.97. The topological polar surface area (TPSA) is 58.4 Å². The fourth-order valence-electron chi connectivity index (χ4n) is 2.87. The SMILES string of the molecule is O=C(O)c1nn(CCN2CCCCC2)c2ccccc12. The van der Waals surface area contributed by atoms with Gasteiger partial charge in [-0.25, -0.2) is 4.79 Å². The number of fused-ring (bicyclic) bond motifs is 1. The lowest BCUT2D eigenvalue weighted by Crippen LogP contribution is -2.32. The first-order chi connectivity index (χ1) is 9.75. The predicted molar refractivity (Wildman–Crippen MR) is 77.0 cm³/mol. The Hall–Kier alpha value is -1.88. The number of carbonyl (C=O) groups is 1. The molecule has 1 fully saturated rings. The average molecular weight is 273 g/mol. The summed E-state index contributed by atoms with van der Waals surface area (Å²) < 4.78 is 1.83. The molecule has 0 amide bonds. The van der Waals surface area contributed by atoms with Gasteiger partial charge in [0.05, 0.1) is 12.1 Å². The number of carboxylic acids is 1. The van der Waals surface area contributed by atoms with Crippen LogP contribution in [0.5, 0.6) is 0 Å². The number of hydrogen-bond acceptors (Lipinski definition) is 3. The first-order valence-electron chi connectivity index (χ1n) is 7.17. The average Bonchev–Trinajstić information content (AvgIpc) is 2.85. The fourth-order valence-corrected chi connectivity index (χ4v) is 2.87. The molecule has 20 heavy (non-hydrogen) atoms. The highest BCUT2D eigenvalue weighted by molar-refractivity contribution is 6.01. The van der Waals surface area contributed by atoms with Crippen LogP contribution in [0.3, 0.4) is 0 Å². The monoisotopic (exact) mass is 273 g/mol. The maximum Gasteiger partial charge on any atom is 0.357 e. The van der Waals surface area contributed by atoms with Gasteiger partial charge in [0, 0.05) is 11.9 Å². The molecule has 1 aromatic carbocycles. The number of carboxylic acid groups (broad SMARTS) is 1. The van der Waals surface area contributed by atoms with Crippen LogP contribution in [0.2, 0.25) is 0 Å². The number of piperidine rings is 1. The second-order valence-electron chi connectivity index (χ2n) is 5.30. The van der Waals surface area contributed by atoms with Gasteiger partial charge in [0.1, 0.15) is 0 Å². The molecule has 0 unspecified atom stereocenters. The molecule has 106 valence electrons. The van der Waals surface area contributed by atoms with E-state index in [0.29, 0.717) is 0 Å². The minimum Gasteiger partial charge on any atom is -0.476 e. The molecule has 1 saturated heterocycles. The maximum absolute atomic E-state index is 11.2. The standard InChI is InChI=1S/C15H19N3O2/c19-15(20)14-12-6-2-3-7-13(12)18(16-14)11-10-17-8-4-1-5-9-17/h2-3,6-7H,1,4-5,8-11H2,(H,19,20). The maximum atomic E-state index is 11.2. The van der Waals surface area contributed by atoms with Crippen molar-refractivity contribution in [2.75, 3.05) is 19.6 Å². The van der Waals surface area contributed by atoms with Gasteiger partial charge in [-0.05, 0) is 32.0 Å². The molecule has 5 nitrogen and oxygen atoms in total. The van der Waals surface area contributed by atoms with Crippen LogP contribution in [0.15, 0.2) is 24.3 Å². The highest BCUT2D eigenvalue weighted by Crippen LogP contribution is 2.18. The van der Waals surface area contributed by atoms with Gasteiger partial charge in [-0.1, -0.05) is 24.6 Å². The molecule has 0 atom stereocenters. The van der Waals surface area contributed by atoms with Gasteiger partial charge in [-0.15, -0.1) is 0 Å². The zero-order valence-electron chi connectivity index (χ0n) is 11.5. The first kappa shape index (κ1) is 13.1. The Kier molecular flexibility index (Phi) is 3.69. The Labute approximate surface area is 117 Å². The highest BCUT2D eigenvalue weighted by Gasteiger charge is 2.16. The summed E-state index contributed by atoms with van der Waals surface area (Å²) in [6.07, 6.45) is 3.85. The molecule has 1 aromatic heterocycles. The van der Waals surface area contributed by atoms with Gasteiger partial charge in [-0.3, -0.25) is 4.68 Å². The van der Waals surface area contributed by atoms with Gasteiger partial charge in [0.25, 0.3) is 0 Å². The zero-order valence-corrected chi connectivity index (χ0v) is 11.5. The number of aromatic nitrogens is 2. The smallest absolute Gasteiger partial charge is 0.357 e. The van der Waals surface area contributed by atoms with Crippen molar-refractivity contribution >= 4 is 16.9 Å². The molecule has 1 aliphatic heterocycles. The van der Waals surface area contributed by atoms with Crippen LogP contribution in [0, 0.1) is 0 Å². The molecule has 5 heteroatoms. The quantitative estimate of drug-likeness (QED) is 0.928. The molecule has 0 radical (unpaired) electrons. The van der Waals surface area contributed by atoms with E-state index in [1.54, 1.807) is 0 Å². The van der Waals surface area contributed by atoms with Crippen LogP contribution < -0.4 is 0 Å². The predicted octanol–water partition coefficient (Wildman–Crippen LogP) is 2.22. The molecule has 0 aliphatic carbocycles. The zero-order chi connectivity index (χ0) is 13.9. The van der Waals surface area contributed by atoms with Crippen LogP contribution in [0.25, 0.3) is 10.9 Å². The molecular weight excluding hydrogens is 254 g/mol. The molecule has 3 rings (SSSR count). The van der Waals surface area contributed by atoms with Crippen molar-refractivity contribution in [1.82, 2.24) is 14.7 Å². The lowest BCUT2D eigenvalue weighted by atomic mass is 10.1. The van der Waals surface area contributed by atoms with Crippen LogP contribution in [0.1, 0.15) is 29.8 Å². The van der Waals surface area contributed by atoms with Crippen molar-refractivity contribution in [2.45, 2.75) is 25.8 Å². The van der Waals surface area contributed by atoms with Crippen molar-refractivity contribution < 1.29 is 9.90 Å². The van der Waals surface area contributed by atoms with E-state index < -0.39 is 5.97 Å². The van der Waals surface area contributed by atoms with E-state index in [4.69, 9.17) is 0 Å². The third-order valence-corrected chi connectivity index (χ3v) is 3.94. The second kappa shape index (κ2) is 5.63. The largest absolute Gasteiger partial charge is 0.476 e. The summed E-state index contributed by atoms with van der Waals surface area (Å²) in [5.41, 5.74) is 1.06. The summed E-state index contributed by atoms with van der Waals surface area (Å²) >= 11 is 0. The molecule has 0 spiro atoms. The van der Waals surface area contributed by atoms with E-state index in [0.717, 1.165) is 37.1 Å². The van der Waals surface area contributed by atoms with E-state index in [9.17, 15) is 9.90 Å². The van der Waals surface area contributed by atoms with E-state index in [-0.39, 0.29) is 5.69 Å². The van der Waals surface area contributed by atoms with Gasteiger partial charge < -0.3 is 10.0 Å². The first-order valence-corrected chi connectivity index (χ1v) is 7.17. The summed E-state index contributed by atoms with van der Waals surface area (Å²) in [5.74, 6) is -0.960. The third-order valence-electron chi connectivity index (χ3n) is 3.94. The van der Waals surface area contributed by atoms with Crippen molar-refractivity contribution in [3.05, 3.63) is 30.0 Å². The van der Waals surface area contributed by atoms with Crippen molar-refractivity contribution in [1.29, 1.82) is 0 Å². The third kappa shape index (κ3) is 2.54. The number of rotatable bonds is 4. The van der Waals surface area contributed by atoms with Crippen LogP contribution in [0.4, 0.5) is 0 Å². The summed E-state index contributed by atoms with van der Waals surface area (Å²) in [4.78, 5) is 13.7. The van der Waals surface area contributed by atoms with E-state index in [1.807, 2.05) is 28.9 Å². The normalized spacial score (nSPS) is 16.6. The molecular formula is C15H19N3O2. The van der Waals surface area contributed by atoms with E-state index in [1.165, 1.54) is 19.3 Å². The molecule has 2 heterocycles. The number of para-hydroxylation sites is 1. The van der Waals surface area contributed by atoms with E-state index in [2.05, 4.69) is 10.00 Å². The van der Waals surface area contributed by atoms with Crippen LogP contribution >= 0.6 is 0 Å². The minimum absolute atomic E-state index is 0.152. The second-order valence-corrected chi connectivity index (χ2v) is 5.30. The Balaban J connectivity index is 1.82. The number of likely N-dealkylation sites (tertiary alicyclic amines) is 1. The number of aromatic carboxylic acids is 1. The highest BCUT2D eigenvalue weighted by atomic mass is 16.4. The Morgan fingerprint density at radius 2 is 1.90 bits per heavy atom. The van der Waals surface area contributed by atoms with Crippen LogP contribution in [-0.2, 0) is 6.54 Å². The van der Waals surface area contributed by atoms with Gasteiger partial charge in [0.2, 0.25) is 0 Å². The summed E-state index contributed by atoms with van der Waals surface area (Å²) in [5, 5.41) is 14.2. The van der Waals surface area contributed by atoms with Crippen molar-refractivity contribution in [3.8, 4) is 0 Å². The minimum atomic E-state index is -0.960. The molecule has 1 N–H and O–H groups in total. The molecule has 2 aromatic rings. The number of hydrogen-bond donors (Lipinski definition) is 1. The Bertz CT molecular complexity index is 615. The Morgan fingerprint density at radius 1 is 1.15 bits per heavy atom. The number of benzene rings is 1. The van der Waals surface area contributed by atoms with E-state index >= 15 is 0 Å². The molecule has 0 bridgehead atoms. The van der Waals surface area contributed by atoms with Crippen molar-refractivity contribution in [2.24, 2.45) is 0 Å². The number of nitrogens with zero attached hydrogens (tertiary/aromatic N) is 3. The summed E-state index contributed by atoms with van der Waals surface area (Å²) in [6, 6.07) is 7.53. The molecule has 1 aliphatic rings.